The first-order chi connectivity index (χ1) is 11.2. The van der Waals surface area contributed by atoms with E-state index in [1.807, 2.05) is 18.2 Å². The number of nitrogen functional groups attached to an aromatic ring is 1. The molecule has 1 fully saturated rings. The van der Waals surface area contributed by atoms with Crippen molar-refractivity contribution in [3.05, 3.63) is 29.3 Å². The highest BCUT2D eigenvalue weighted by molar-refractivity contribution is 5.99. The maximum absolute atomic E-state index is 12.2. The number of nitrogens with one attached hydrogen (secondary N) is 1. The Labute approximate surface area is 139 Å². The lowest BCUT2D eigenvalue weighted by Gasteiger charge is -2.19. The molecule has 0 aromatic heterocycles. The van der Waals surface area contributed by atoms with Gasteiger partial charge in [-0.15, -0.1) is 0 Å². The van der Waals surface area contributed by atoms with Gasteiger partial charge in [-0.2, -0.15) is 0 Å². The highest BCUT2D eigenvalue weighted by atomic mass is 16.5. The number of likely N-dealkylation sites (tertiary alicyclic amines) is 1. The topological polar surface area (TPSA) is 67.6 Å². The largest absolute Gasteiger partial charge is 0.398 e. The standard InChI is InChI=1S/C18H29N3O2/c1-23-13-9-20-18(22)16-14-15(6-7-17(16)19)8-12-21-10-4-2-3-5-11-21/h6-7,14H,2-5,8-13,19H2,1H3,(H,20,22). The zero-order valence-electron chi connectivity index (χ0n) is 14.1. The second-order valence-electron chi connectivity index (χ2n) is 6.18. The maximum atomic E-state index is 12.2. The number of methoxy groups -OCH3 is 1. The van der Waals surface area contributed by atoms with Gasteiger partial charge in [-0.25, -0.2) is 0 Å². The molecular formula is C18H29N3O2. The van der Waals surface area contributed by atoms with Gasteiger partial charge in [-0.1, -0.05) is 18.9 Å². The molecule has 1 amide bonds. The molecule has 0 aliphatic carbocycles. The third kappa shape index (κ3) is 5.84. The molecule has 1 heterocycles. The fraction of sp³-hybridized carbons (Fsp3) is 0.611. The summed E-state index contributed by atoms with van der Waals surface area (Å²) in [5, 5.41) is 2.83. The molecule has 5 heteroatoms. The first kappa shape index (κ1) is 17.8. The average molecular weight is 319 g/mol. The summed E-state index contributed by atoms with van der Waals surface area (Å²) in [5.41, 5.74) is 8.21. The number of ether oxygens (including phenoxy) is 1. The molecule has 5 nitrogen and oxygen atoms in total. The van der Waals surface area contributed by atoms with E-state index in [-0.39, 0.29) is 5.91 Å². The van der Waals surface area contributed by atoms with Crippen molar-refractivity contribution in [1.29, 1.82) is 0 Å². The average Bonchev–Trinajstić information content (AvgIpc) is 2.83. The summed E-state index contributed by atoms with van der Waals surface area (Å²) in [7, 11) is 1.62. The van der Waals surface area contributed by atoms with Crippen LogP contribution in [0.15, 0.2) is 18.2 Å². The molecule has 23 heavy (non-hydrogen) atoms. The molecule has 1 aliphatic heterocycles. The Hall–Kier alpha value is -1.59. The van der Waals surface area contributed by atoms with Gasteiger partial charge in [-0.3, -0.25) is 4.79 Å². The van der Waals surface area contributed by atoms with E-state index in [0.717, 1.165) is 13.0 Å². The van der Waals surface area contributed by atoms with Crippen LogP contribution in [0, 0.1) is 0 Å². The van der Waals surface area contributed by atoms with Gasteiger partial charge in [0, 0.05) is 25.9 Å². The summed E-state index contributed by atoms with van der Waals surface area (Å²) in [4.78, 5) is 14.7. The number of hydrogen-bond acceptors (Lipinski definition) is 4. The van der Waals surface area contributed by atoms with E-state index in [0.29, 0.717) is 24.4 Å². The molecule has 128 valence electrons. The van der Waals surface area contributed by atoms with E-state index >= 15 is 0 Å². The van der Waals surface area contributed by atoms with E-state index in [2.05, 4.69) is 10.2 Å². The molecule has 1 aromatic carbocycles. The van der Waals surface area contributed by atoms with Crippen molar-refractivity contribution >= 4 is 11.6 Å². The van der Waals surface area contributed by atoms with Crippen molar-refractivity contribution < 1.29 is 9.53 Å². The van der Waals surface area contributed by atoms with Gasteiger partial charge in [0.05, 0.1) is 12.2 Å². The Bertz CT molecular complexity index is 497. The van der Waals surface area contributed by atoms with Crippen LogP contribution in [0.4, 0.5) is 5.69 Å². The zero-order chi connectivity index (χ0) is 16.5. The lowest BCUT2D eigenvalue weighted by atomic mass is 10.1. The number of nitrogens with two attached hydrogens (primary N) is 1. The highest BCUT2D eigenvalue weighted by Gasteiger charge is 2.12. The number of carbonyl (C=O) groups is 1. The van der Waals surface area contributed by atoms with Crippen molar-refractivity contribution in [2.24, 2.45) is 0 Å². The number of carbonyl (C=O) groups excluding carboxylic acids is 1. The molecule has 0 saturated carbocycles. The number of hydrogen-bond donors (Lipinski definition) is 2. The highest BCUT2D eigenvalue weighted by Crippen LogP contribution is 2.16. The molecule has 3 N–H and O–H groups in total. The predicted octanol–water partition coefficient (Wildman–Crippen LogP) is 2.06. The fourth-order valence-electron chi connectivity index (χ4n) is 2.96. The van der Waals surface area contributed by atoms with Crippen LogP contribution < -0.4 is 11.1 Å². The molecule has 0 atom stereocenters. The van der Waals surface area contributed by atoms with Crippen molar-refractivity contribution in [1.82, 2.24) is 10.2 Å². The summed E-state index contributed by atoms with van der Waals surface area (Å²) in [5.74, 6) is -0.129. The van der Waals surface area contributed by atoms with Crippen LogP contribution in [0.5, 0.6) is 0 Å². The SMILES string of the molecule is COCCNC(=O)c1cc(CCN2CCCCCC2)ccc1N. The Morgan fingerprint density at radius 3 is 2.70 bits per heavy atom. The monoisotopic (exact) mass is 319 g/mol. The molecule has 1 saturated heterocycles. The smallest absolute Gasteiger partial charge is 0.253 e. The molecule has 1 aliphatic rings. The molecular weight excluding hydrogens is 290 g/mol. The first-order valence-corrected chi connectivity index (χ1v) is 8.58. The van der Waals surface area contributed by atoms with Crippen LogP contribution in [0.3, 0.4) is 0 Å². The Morgan fingerprint density at radius 1 is 1.26 bits per heavy atom. The number of rotatable bonds is 7. The van der Waals surface area contributed by atoms with Gasteiger partial charge < -0.3 is 20.7 Å². The molecule has 1 aromatic rings. The number of amides is 1. The van der Waals surface area contributed by atoms with Gasteiger partial charge in [0.2, 0.25) is 0 Å². The first-order valence-electron chi connectivity index (χ1n) is 8.58. The van der Waals surface area contributed by atoms with Crippen molar-refractivity contribution in [2.45, 2.75) is 32.1 Å². The van der Waals surface area contributed by atoms with Crippen molar-refractivity contribution in [2.75, 3.05) is 45.6 Å². The molecule has 0 unspecified atom stereocenters. The quantitative estimate of drug-likeness (QED) is 0.596. The minimum atomic E-state index is -0.129. The van der Waals surface area contributed by atoms with Crippen LogP contribution in [0.25, 0.3) is 0 Å². The van der Waals surface area contributed by atoms with E-state index < -0.39 is 0 Å². The lowest BCUT2D eigenvalue weighted by molar-refractivity contribution is 0.0938. The summed E-state index contributed by atoms with van der Waals surface area (Å²) < 4.78 is 4.95. The number of benzene rings is 1. The van der Waals surface area contributed by atoms with Crippen LogP contribution in [-0.2, 0) is 11.2 Å². The molecule has 0 radical (unpaired) electrons. The Balaban J connectivity index is 1.91. The van der Waals surface area contributed by atoms with Gasteiger partial charge in [0.1, 0.15) is 0 Å². The van der Waals surface area contributed by atoms with Gasteiger partial charge in [0.15, 0.2) is 0 Å². The lowest BCUT2D eigenvalue weighted by Crippen LogP contribution is -2.28. The minimum Gasteiger partial charge on any atom is -0.398 e. The van der Waals surface area contributed by atoms with Gasteiger partial charge in [-0.05, 0) is 50.0 Å². The van der Waals surface area contributed by atoms with E-state index in [1.54, 1.807) is 7.11 Å². The third-order valence-electron chi connectivity index (χ3n) is 4.37. The van der Waals surface area contributed by atoms with E-state index in [1.165, 1.54) is 44.3 Å². The summed E-state index contributed by atoms with van der Waals surface area (Å²) in [6, 6.07) is 5.79. The number of nitrogens with zero attached hydrogens (tertiary/aromatic N) is 1. The molecule has 0 spiro atoms. The van der Waals surface area contributed by atoms with Crippen molar-refractivity contribution in [3.8, 4) is 0 Å². The molecule has 0 bridgehead atoms. The Kier molecular flexibility index (Phi) is 7.36. The van der Waals surface area contributed by atoms with Crippen LogP contribution in [0.2, 0.25) is 0 Å². The normalized spacial score (nSPS) is 16.0. The second kappa shape index (κ2) is 9.53. The predicted molar refractivity (Wildman–Crippen MR) is 93.7 cm³/mol. The van der Waals surface area contributed by atoms with Crippen LogP contribution >= 0.6 is 0 Å². The summed E-state index contributed by atoms with van der Waals surface area (Å²) in [6.07, 6.45) is 6.26. The minimum absolute atomic E-state index is 0.129. The summed E-state index contributed by atoms with van der Waals surface area (Å²) in [6.45, 7) is 4.43. The van der Waals surface area contributed by atoms with Gasteiger partial charge in [0.25, 0.3) is 5.91 Å². The second-order valence-corrected chi connectivity index (χ2v) is 6.18. The van der Waals surface area contributed by atoms with Crippen LogP contribution in [0.1, 0.15) is 41.6 Å². The van der Waals surface area contributed by atoms with Crippen LogP contribution in [-0.4, -0.2) is 50.7 Å². The summed E-state index contributed by atoms with van der Waals surface area (Å²) >= 11 is 0. The number of anilines is 1. The fourth-order valence-corrected chi connectivity index (χ4v) is 2.96. The van der Waals surface area contributed by atoms with Crippen molar-refractivity contribution in [3.63, 3.8) is 0 Å². The maximum Gasteiger partial charge on any atom is 0.253 e. The Morgan fingerprint density at radius 2 is 2.00 bits per heavy atom. The zero-order valence-corrected chi connectivity index (χ0v) is 14.1. The van der Waals surface area contributed by atoms with E-state index in [9.17, 15) is 4.79 Å². The third-order valence-corrected chi connectivity index (χ3v) is 4.37. The molecule has 2 rings (SSSR count). The van der Waals surface area contributed by atoms with Gasteiger partial charge >= 0.3 is 0 Å². The van der Waals surface area contributed by atoms with E-state index in [4.69, 9.17) is 10.5 Å².